The van der Waals surface area contributed by atoms with Crippen molar-refractivity contribution in [3.63, 3.8) is 0 Å². The van der Waals surface area contributed by atoms with Gasteiger partial charge in [0.1, 0.15) is 5.75 Å². The topological polar surface area (TPSA) is 29.5 Å². The van der Waals surface area contributed by atoms with Gasteiger partial charge in [0.05, 0.1) is 0 Å². The standard InChI is InChI=1S/C18H14ClNO2/c1-20(13-7-3-2-4-8-13)18(21)22-17-12-11-16(19)14-9-5-6-10-15(14)17/h2-12H,1H3. The van der Waals surface area contributed by atoms with E-state index in [1.165, 1.54) is 4.90 Å². The Morgan fingerprint density at radius 3 is 2.27 bits per heavy atom. The molecule has 0 aliphatic rings. The largest absolute Gasteiger partial charge is 0.419 e. The van der Waals surface area contributed by atoms with Crippen LogP contribution in [0.3, 0.4) is 0 Å². The van der Waals surface area contributed by atoms with Crippen LogP contribution in [-0.4, -0.2) is 13.1 Å². The van der Waals surface area contributed by atoms with Crippen LogP contribution in [-0.2, 0) is 0 Å². The van der Waals surface area contributed by atoms with Gasteiger partial charge in [-0.05, 0) is 24.3 Å². The SMILES string of the molecule is CN(C(=O)Oc1ccc(Cl)c2ccccc12)c1ccccc1. The van der Waals surface area contributed by atoms with Gasteiger partial charge in [0, 0.05) is 28.5 Å². The van der Waals surface area contributed by atoms with Crippen molar-refractivity contribution in [2.45, 2.75) is 0 Å². The fourth-order valence-electron chi connectivity index (χ4n) is 2.24. The maximum absolute atomic E-state index is 12.3. The molecule has 0 radical (unpaired) electrons. The maximum atomic E-state index is 12.3. The van der Waals surface area contributed by atoms with E-state index in [4.69, 9.17) is 16.3 Å². The van der Waals surface area contributed by atoms with Crippen LogP contribution in [0.25, 0.3) is 10.8 Å². The van der Waals surface area contributed by atoms with Gasteiger partial charge in [-0.2, -0.15) is 0 Å². The summed E-state index contributed by atoms with van der Waals surface area (Å²) in [4.78, 5) is 13.8. The minimum Gasteiger partial charge on any atom is -0.409 e. The number of hydrogen-bond acceptors (Lipinski definition) is 2. The number of fused-ring (bicyclic) bond motifs is 1. The summed E-state index contributed by atoms with van der Waals surface area (Å²) in [7, 11) is 1.68. The maximum Gasteiger partial charge on any atom is 0.419 e. The van der Waals surface area contributed by atoms with Gasteiger partial charge in [-0.25, -0.2) is 4.79 Å². The van der Waals surface area contributed by atoms with Crippen molar-refractivity contribution in [1.82, 2.24) is 0 Å². The minimum atomic E-state index is -0.446. The van der Waals surface area contributed by atoms with E-state index in [1.54, 1.807) is 19.2 Å². The van der Waals surface area contributed by atoms with E-state index < -0.39 is 6.09 Å². The zero-order valence-electron chi connectivity index (χ0n) is 12.0. The van der Waals surface area contributed by atoms with Crippen molar-refractivity contribution >= 4 is 34.2 Å². The van der Waals surface area contributed by atoms with Gasteiger partial charge < -0.3 is 4.74 Å². The summed E-state index contributed by atoms with van der Waals surface area (Å²) in [6, 6.07) is 20.3. The van der Waals surface area contributed by atoms with E-state index in [2.05, 4.69) is 0 Å². The number of benzene rings is 3. The summed E-state index contributed by atoms with van der Waals surface area (Å²) in [6.07, 6.45) is -0.446. The second kappa shape index (κ2) is 6.08. The molecule has 0 unspecified atom stereocenters. The first-order chi connectivity index (χ1) is 10.7. The number of carbonyl (C=O) groups excluding carboxylic acids is 1. The molecule has 3 rings (SSSR count). The fraction of sp³-hybridized carbons (Fsp3) is 0.0556. The van der Waals surface area contributed by atoms with Crippen LogP contribution in [0, 0.1) is 0 Å². The fourth-order valence-corrected chi connectivity index (χ4v) is 2.47. The van der Waals surface area contributed by atoms with Gasteiger partial charge in [-0.15, -0.1) is 0 Å². The van der Waals surface area contributed by atoms with Crippen LogP contribution < -0.4 is 9.64 Å². The first-order valence-electron chi connectivity index (χ1n) is 6.84. The molecule has 0 spiro atoms. The highest BCUT2D eigenvalue weighted by Gasteiger charge is 2.15. The zero-order valence-corrected chi connectivity index (χ0v) is 12.7. The number of rotatable bonds is 2. The molecular weight excluding hydrogens is 298 g/mol. The molecule has 1 amide bonds. The van der Waals surface area contributed by atoms with E-state index in [-0.39, 0.29) is 0 Å². The Morgan fingerprint density at radius 1 is 0.909 bits per heavy atom. The molecule has 3 nitrogen and oxygen atoms in total. The quantitative estimate of drug-likeness (QED) is 0.656. The van der Waals surface area contributed by atoms with Crippen molar-refractivity contribution in [1.29, 1.82) is 0 Å². The Kier molecular flexibility index (Phi) is 3.98. The Labute approximate surface area is 133 Å². The Morgan fingerprint density at radius 2 is 1.55 bits per heavy atom. The van der Waals surface area contributed by atoms with Gasteiger partial charge in [-0.1, -0.05) is 54.1 Å². The number of anilines is 1. The highest BCUT2D eigenvalue weighted by atomic mass is 35.5. The van der Waals surface area contributed by atoms with E-state index in [0.717, 1.165) is 16.5 Å². The third-order valence-corrected chi connectivity index (χ3v) is 3.78. The summed E-state index contributed by atoms with van der Waals surface area (Å²) in [5.41, 5.74) is 0.769. The lowest BCUT2D eigenvalue weighted by Gasteiger charge is -2.17. The van der Waals surface area contributed by atoms with Crippen LogP contribution >= 0.6 is 11.6 Å². The second-order valence-corrected chi connectivity index (χ2v) is 5.26. The summed E-state index contributed by atoms with van der Waals surface area (Å²) in [6.45, 7) is 0. The van der Waals surface area contributed by atoms with Gasteiger partial charge in [0.2, 0.25) is 0 Å². The van der Waals surface area contributed by atoms with Crippen molar-refractivity contribution in [3.05, 3.63) is 71.8 Å². The van der Waals surface area contributed by atoms with Gasteiger partial charge in [-0.3, -0.25) is 4.90 Å². The molecule has 3 aromatic rings. The average molecular weight is 312 g/mol. The second-order valence-electron chi connectivity index (χ2n) is 4.85. The molecule has 0 fully saturated rings. The monoisotopic (exact) mass is 311 g/mol. The molecule has 0 saturated carbocycles. The average Bonchev–Trinajstić information content (AvgIpc) is 2.57. The number of nitrogens with zero attached hydrogens (tertiary/aromatic N) is 1. The molecule has 3 aromatic carbocycles. The third kappa shape index (κ3) is 2.76. The Hall–Kier alpha value is -2.52. The molecule has 4 heteroatoms. The lowest BCUT2D eigenvalue weighted by Crippen LogP contribution is -2.29. The highest BCUT2D eigenvalue weighted by molar-refractivity contribution is 6.35. The number of hydrogen-bond donors (Lipinski definition) is 0. The molecule has 0 saturated heterocycles. The number of halogens is 1. The van der Waals surface area contributed by atoms with Crippen molar-refractivity contribution in [2.24, 2.45) is 0 Å². The molecule has 0 heterocycles. The molecule has 0 bridgehead atoms. The zero-order chi connectivity index (χ0) is 15.5. The molecule has 0 aliphatic heterocycles. The first-order valence-corrected chi connectivity index (χ1v) is 7.22. The van der Waals surface area contributed by atoms with Crippen LogP contribution in [0.5, 0.6) is 5.75 Å². The molecule has 22 heavy (non-hydrogen) atoms. The number of para-hydroxylation sites is 1. The van der Waals surface area contributed by atoms with E-state index in [9.17, 15) is 4.79 Å². The van der Waals surface area contributed by atoms with Crippen molar-refractivity contribution in [2.75, 3.05) is 11.9 Å². The molecular formula is C18H14ClNO2. The van der Waals surface area contributed by atoms with Crippen LogP contribution in [0.2, 0.25) is 5.02 Å². The molecule has 110 valence electrons. The van der Waals surface area contributed by atoms with Crippen LogP contribution in [0.1, 0.15) is 0 Å². The summed E-state index contributed by atoms with van der Waals surface area (Å²) < 4.78 is 5.53. The van der Waals surface area contributed by atoms with Gasteiger partial charge in [0.15, 0.2) is 0 Å². The summed E-state index contributed by atoms with van der Waals surface area (Å²) in [5.74, 6) is 0.493. The van der Waals surface area contributed by atoms with E-state index >= 15 is 0 Å². The van der Waals surface area contributed by atoms with Gasteiger partial charge >= 0.3 is 6.09 Å². The lowest BCUT2D eigenvalue weighted by molar-refractivity contribution is 0.209. The Bertz CT molecular complexity index is 818. The number of carbonyl (C=O) groups is 1. The van der Waals surface area contributed by atoms with Gasteiger partial charge in [0.25, 0.3) is 0 Å². The van der Waals surface area contributed by atoms with E-state index in [0.29, 0.717) is 10.8 Å². The third-order valence-electron chi connectivity index (χ3n) is 3.45. The number of ether oxygens (including phenoxy) is 1. The van der Waals surface area contributed by atoms with Crippen LogP contribution in [0.4, 0.5) is 10.5 Å². The molecule has 0 aliphatic carbocycles. The molecule has 0 aromatic heterocycles. The lowest BCUT2D eigenvalue weighted by atomic mass is 10.1. The normalized spacial score (nSPS) is 10.5. The molecule has 0 N–H and O–H groups in total. The summed E-state index contributed by atoms with van der Waals surface area (Å²) in [5, 5.41) is 2.30. The predicted molar refractivity (Wildman–Crippen MR) is 89.8 cm³/mol. The minimum absolute atomic E-state index is 0.446. The number of amides is 1. The Balaban J connectivity index is 1.90. The van der Waals surface area contributed by atoms with Crippen molar-refractivity contribution in [3.8, 4) is 5.75 Å². The van der Waals surface area contributed by atoms with Crippen molar-refractivity contribution < 1.29 is 9.53 Å². The van der Waals surface area contributed by atoms with Crippen LogP contribution in [0.15, 0.2) is 66.7 Å². The summed E-state index contributed by atoms with van der Waals surface area (Å²) >= 11 is 6.17. The van der Waals surface area contributed by atoms with E-state index in [1.807, 2.05) is 54.6 Å². The highest BCUT2D eigenvalue weighted by Crippen LogP contribution is 2.31. The predicted octanol–water partition coefficient (Wildman–Crippen LogP) is 5.13. The molecule has 0 atom stereocenters. The first kappa shape index (κ1) is 14.4. The smallest absolute Gasteiger partial charge is 0.409 e.